The minimum Gasteiger partial charge on any atom is -0.370 e. The second kappa shape index (κ2) is 7.43. The lowest BCUT2D eigenvalue weighted by atomic mass is 9.90. The predicted octanol–water partition coefficient (Wildman–Crippen LogP) is 4.01. The molecule has 0 amide bonds. The number of thiazole rings is 1. The zero-order valence-corrected chi connectivity index (χ0v) is 14.4. The molecule has 2 aromatic rings. The zero-order chi connectivity index (χ0) is 17.9. The highest BCUT2D eigenvalue weighted by Gasteiger charge is 2.33. The number of guanidine groups is 1. The summed E-state index contributed by atoms with van der Waals surface area (Å²) in [4.78, 5) is 7.79. The number of halogens is 3. The monoisotopic (exact) mass is 368 g/mol. The van der Waals surface area contributed by atoms with Crippen LogP contribution in [-0.2, 0) is 25.4 Å². The van der Waals surface area contributed by atoms with E-state index in [0.717, 1.165) is 41.7 Å². The molecule has 3 rings (SSSR count). The average molecular weight is 368 g/mol. The fraction of sp³-hybridized carbons (Fsp3) is 0.412. The lowest BCUT2D eigenvalue weighted by Gasteiger charge is -2.19. The topological polar surface area (TPSA) is 63.3 Å². The maximum atomic E-state index is 12.5. The van der Waals surface area contributed by atoms with Gasteiger partial charge in [0.25, 0.3) is 0 Å². The van der Waals surface area contributed by atoms with Crippen LogP contribution in [0.3, 0.4) is 0 Å². The van der Waals surface area contributed by atoms with Gasteiger partial charge in [0.1, 0.15) is 0 Å². The molecule has 0 saturated carbocycles. The molecule has 1 aliphatic carbocycles. The van der Waals surface area contributed by atoms with Crippen LogP contribution in [0.1, 0.15) is 34.7 Å². The summed E-state index contributed by atoms with van der Waals surface area (Å²) in [5.74, 6) is 0.270. The number of rotatable bonds is 4. The number of nitrogens with one attached hydrogen (secondary N) is 1. The molecular formula is C17H19F3N4S. The highest BCUT2D eigenvalue weighted by molar-refractivity contribution is 7.09. The lowest BCUT2D eigenvalue weighted by Crippen LogP contribution is -2.24. The number of benzene rings is 1. The average Bonchev–Trinajstić information content (AvgIpc) is 3.04. The van der Waals surface area contributed by atoms with E-state index in [0.29, 0.717) is 18.0 Å². The molecule has 4 nitrogen and oxygen atoms in total. The van der Waals surface area contributed by atoms with Crippen molar-refractivity contribution in [2.45, 2.75) is 38.3 Å². The first-order valence-electron chi connectivity index (χ1n) is 8.13. The molecule has 1 heterocycles. The third-order valence-electron chi connectivity index (χ3n) is 4.11. The largest absolute Gasteiger partial charge is 0.434 e. The van der Waals surface area contributed by atoms with E-state index in [2.05, 4.69) is 21.4 Å². The van der Waals surface area contributed by atoms with Gasteiger partial charge in [0, 0.05) is 24.0 Å². The van der Waals surface area contributed by atoms with Crippen LogP contribution < -0.4 is 11.1 Å². The molecule has 0 aliphatic heterocycles. The summed E-state index contributed by atoms with van der Waals surface area (Å²) < 4.78 is 37.6. The number of aliphatic imine (C=N–C) groups is 1. The predicted molar refractivity (Wildman–Crippen MR) is 94.0 cm³/mol. The smallest absolute Gasteiger partial charge is 0.370 e. The van der Waals surface area contributed by atoms with Crippen molar-refractivity contribution in [3.05, 3.63) is 45.4 Å². The standard InChI is InChI=1S/C17H19F3N4S/c18-17(19,20)14-10-25-15(24-14)8-9-22-16(21)23-13-7-3-5-11-4-1-2-6-12(11)13/h3,5,7,10H,1-2,4,6,8-9H2,(H3,21,22,23). The first-order chi connectivity index (χ1) is 11.9. The van der Waals surface area contributed by atoms with Gasteiger partial charge in [-0.1, -0.05) is 12.1 Å². The molecule has 0 saturated heterocycles. The maximum Gasteiger partial charge on any atom is 0.434 e. The van der Waals surface area contributed by atoms with Gasteiger partial charge >= 0.3 is 6.18 Å². The Kier molecular flexibility index (Phi) is 5.27. The second-order valence-corrected chi connectivity index (χ2v) is 6.86. The third kappa shape index (κ3) is 4.50. The van der Waals surface area contributed by atoms with Gasteiger partial charge in [0.15, 0.2) is 11.7 Å². The van der Waals surface area contributed by atoms with Crippen LogP contribution in [0.15, 0.2) is 28.6 Å². The van der Waals surface area contributed by atoms with Crippen molar-refractivity contribution in [2.24, 2.45) is 10.7 Å². The van der Waals surface area contributed by atoms with Crippen molar-refractivity contribution in [3.8, 4) is 0 Å². The van der Waals surface area contributed by atoms with Crippen molar-refractivity contribution in [1.82, 2.24) is 4.98 Å². The Morgan fingerprint density at radius 2 is 2.08 bits per heavy atom. The van der Waals surface area contributed by atoms with E-state index in [4.69, 9.17) is 5.73 Å². The maximum absolute atomic E-state index is 12.5. The molecule has 134 valence electrons. The molecule has 0 spiro atoms. The Hall–Kier alpha value is -2.09. The Morgan fingerprint density at radius 3 is 2.84 bits per heavy atom. The Balaban J connectivity index is 1.59. The first kappa shape index (κ1) is 17.7. The van der Waals surface area contributed by atoms with E-state index < -0.39 is 11.9 Å². The number of aryl methyl sites for hydroxylation is 1. The van der Waals surface area contributed by atoms with Crippen molar-refractivity contribution >= 4 is 23.0 Å². The third-order valence-corrected chi connectivity index (χ3v) is 5.02. The van der Waals surface area contributed by atoms with Crippen LogP contribution in [0.25, 0.3) is 0 Å². The van der Waals surface area contributed by atoms with Crippen molar-refractivity contribution < 1.29 is 13.2 Å². The molecular weight excluding hydrogens is 349 g/mol. The number of hydrogen-bond acceptors (Lipinski definition) is 3. The summed E-state index contributed by atoms with van der Waals surface area (Å²) in [6, 6.07) is 6.10. The van der Waals surface area contributed by atoms with Crippen molar-refractivity contribution in [3.63, 3.8) is 0 Å². The Labute approximate surface area is 148 Å². The number of nitrogens with two attached hydrogens (primary N) is 1. The molecule has 0 fully saturated rings. The van der Waals surface area contributed by atoms with Crippen LogP contribution in [-0.4, -0.2) is 17.5 Å². The van der Waals surface area contributed by atoms with Crippen molar-refractivity contribution in [1.29, 1.82) is 0 Å². The van der Waals surface area contributed by atoms with E-state index in [1.165, 1.54) is 17.5 Å². The molecule has 0 radical (unpaired) electrons. The van der Waals surface area contributed by atoms with E-state index in [9.17, 15) is 13.2 Å². The first-order valence-corrected chi connectivity index (χ1v) is 9.01. The van der Waals surface area contributed by atoms with Crippen molar-refractivity contribution in [2.75, 3.05) is 11.9 Å². The quantitative estimate of drug-likeness (QED) is 0.633. The number of anilines is 1. The van der Waals surface area contributed by atoms with Gasteiger partial charge in [-0.05, 0) is 42.9 Å². The summed E-state index contributed by atoms with van der Waals surface area (Å²) >= 11 is 0.989. The molecule has 8 heteroatoms. The number of fused-ring (bicyclic) bond motifs is 1. The van der Waals surface area contributed by atoms with E-state index in [1.54, 1.807) is 0 Å². The van der Waals surface area contributed by atoms with E-state index in [1.807, 2.05) is 12.1 Å². The number of alkyl halides is 3. The summed E-state index contributed by atoms with van der Waals surface area (Å²) in [5.41, 5.74) is 8.65. The van der Waals surface area contributed by atoms with Crippen LogP contribution >= 0.6 is 11.3 Å². The summed E-state index contributed by atoms with van der Waals surface area (Å²) in [5, 5.41) is 4.54. The van der Waals surface area contributed by atoms with Gasteiger partial charge in [-0.15, -0.1) is 11.3 Å². The summed E-state index contributed by atoms with van der Waals surface area (Å²) in [6.07, 6.45) is 0.391. The molecule has 1 aromatic heterocycles. The molecule has 25 heavy (non-hydrogen) atoms. The van der Waals surface area contributed by atoms with Gasteiger partial charge in [-0.2, -0.15) is 13.2 Å². The number of hydrogen-bond donors (Lipinski definition) is 2. The highest BCUT2D eigenvalue weighted by Crippen LogP contribution is 2.30. The fourth-order valence-corrected chi connectivity index (χ4v) is 3.70. The summed E-state index contributed by atoms with van der Waals surface area (Å²) in [6.45, 7) is 0.290. The zero-order valence-electron chi connectivity index (χ0n) is 13.6. The Bertz CT molecular complexity index is 767. The van der Waals surface area contributed by atoms with Gasteiger partial charge in [-0.3, -0.25) is 4.99 Å². The fourth-order valence-electron chi connectivity index (χ4n) is 2.90. The minimum absolute atomic E-state index is 0.270. The van der Waals surface area contributed by atoms with Crippen LogP contribution in [0.4, 0.5) is 18.9 Å². The van der Waals surface area contributed by atoms with Gasteiger partial charge < -0.3 is 11.1 Å². The molecule has 1 aromatic carbocycles. The molecule has 0 unspecified atom stereocenters. The van der Waals surface area contributed by atoms with Crippen LogP contribution in [0.2, 0.25) is 0 Å². The molecule has 0 bridgehead atoms. The van der Waals surface area contributed by atoms with Crippen LogP contribution in [0, 0.1) is 0 Å². The highest BCUT2D eigenvalue weighted by atomic mass is 32.1. The Morgan fingerprint density at radius 1 is 1.28 bits per heavy atom. The molecule has 1 aliphatic rings. The van der Waals surface area contributed by atoms with Gasteiger partial charge in [0.05, 0.1) is 5.01 Å². The summed E-state index contributed by atoms with van der Waals surface area (Å²) in [7, 11) is 0. The molecule has 3 N–H and O–H groups in total. The molecule has 0 atom stereocenters. The lowest BCUT2D eigenvalue weighted by molar-refractivity contribution is -0.140. The van der Waals surface area contributed by atoms with Gasteiger partial charge in [-0.25, -0.2) is 4.98 Å². The van der Waals surface area contributed by atoms with Gasteiger partial charge in [0.2, 0.25) is 0 Å². The number of nitrogens with zero attached hydrogens (tertiary/aromatic N) is 2. The van der Waals surface area contributed by atoms with Crippen LogP contribution in [0.5, 0.6) is 0 Å². The number of aromatic nitrogens is 1. The SMILES string of the molecule is NC(=NCCc1nc(C(F)(F)F)cs1)Nc1cccc2c1CCCC2. The normalized spacial score (nSPS) is 15.1. The van der Waals surface area contributed by atoms with E-state index in [-0.39, 0.29) is 5.96 Å². The minimum atomic E-state index is -4.40. The van der Waals surface area contributed by atoms with E-state index >= 15 is 0 Å². The second-order valence-electron chi connectivity index (χ2n) is 5.92.